The van der Waals surface area contributed by atoms with E-state index in [0.29, 0.717) is 0 Å². The number of aliphatic hydroxyl groups is 1. The van der Waals surface area contributed by atoms with Crippen molar-refractivity contribution in [2.24, 2.45) is 0 Å². The van der Waals surface area contributed by atoms with Gasteiger partial charge in [0.05, 0.1) is 20.5 Å². The molecule has 0 spiro atoms. The third kappa shape index (κ3) is 4.55. The van der Waals surface area contributed by atoms with Crippen LogP contribution in [0.4, 0.5) is 0 Å². The topological polar surface area (TPSA) is 119 Å². The number of esters is 2. The fourth-order valence-corrected chi connectivity index (χ4v) is 1.54. The first-order valence-electron chi connectivity index (χ1n) is 4.04. The predicted molar refractivity (Wildman–Crippen MR) is 51.8 cm³/mol. The third-order valence-corrected chi connectivity index (χ3v) is 2.24. The van der Waals surface area contributed by atoms with Crippen LogP contribution >= 0.6 is 0 Å². The van der Waals surface area contributed by atoms with Crippen LogP contribution in [0.3, 0.4) is 0 Å². The van der Waals surface area contributed by atoms with Crippen molar-refractivity contribution in [1.82, 2.24) is 4.72 Å². The Morgan fingerprint density at radius 1 is 1.19 bits per heavy atom. The number of ether oxygens (including phenoxy) is 2. The summed E-state index contributed by atoms with van der Waals surface area (Å²) in [6.07, 6.45) is -1.19. The minimum Gasteiger partial charge on any atom is -0.468 e. The van der Waals surface area contributed by atoms with E-state index in [2.05, 4.69) is 9.47 Å². The van der Waals surface area contributed by atoms with E-state index >= 15 is 0 Å². The molecule has 94 valence electrons. The molecule has 0 unspecified atom stereocenters. The van der Waals surface area contributed by atoms with Crippen molar-refractivity contribution >= 4 is 22.0 Å². The van der Waals surface area contributed by atoms with Gasteiger partial charge in [-0.3, -0.25) is 4.79 Å². The molecule has 0 aliphatic rings. The van der Waals surface area contributed by atoms with Crippen LogP contribution in [-0.2, 0) is 29.1 Å². The van der Waals surface area contributed by atoms with E-state index in [1.807, 2.05) is 0 Å². The second-order valence-electron chi connectivity index (χ2n) is 2.86. The summed E-state index contributed by atoms with van der Waals surface area (Å²) in [4.78, 5) is 22.1. The van der Waals surface area contributed by atoms with E-state index in [0.717, 1.165) is 20.5 Å². The zero-order valence-corrected chi connectivity index (χ0v) is 9.78. The standard InChI is InChI=1S/C7H13NO7S/c1-14-6(10)4(8-16(3,12)13)5(9)7(11)15-2/h4-5,8-9H,1-3H3/t4-,5-/m1/s1. The Hall–Kier alpha value is -1.19. The largest absolute Gasteiger partial charge is 0.468 e. The summed E-state index contributed by atoms with van der Waals surface area (Å²) >= 11 is 0. The number of sulfonamides is 1. The first kappa shape index (κ1) is 14.8. The average molecular weight is 255 g/mol. The Morgan fingerprint density at radius 3 is 1.94 bits per heavy atom. The number of carbonyl (C=O) groups is 2. The van der Waals surface area contributed by atoms with E-state index in [1.165, 1.54) is 0 Å². The summed E-state index contributed by atoms with van der Waals surface area (Å²) in [5, 5.41) is 9.34. The fraction of sp³-hybridized carbons (Fsp3) is 0.714. The number of hydrogen-bond donors (Lipinski definition) is 2. The second-order valence-corrected chi connectivity index (χ2v) is 4.64. The van der Waals surface area contributed by atoms with Gasteiger partial charge in [-0.15, -0.1) is 0 Å². The van der Waals surface area contributed by atoms with Gasteiger partial charge in [-0.1, -0.05) is 0 Å². The highest BCUT2D eigenvalue weighted by Crippen LogP contribution is 2.00. The molecular weight excluding hydrogens is 242 g/mol. The van der Waals surface area contributed by atoms with Crippen molar-refractivity contribution in [1.29, 1.82) is 0 Å². The molecule has 0 aromatic carbocycles. The van der Waals surface area contributed by atoms with Crippen molar-refractivity contribution < 1.29 is 32.6 Å². The van der Waals surface area contributed by atoms with Gasteiger partial charge >= 0.3 is 11.9 Å². The van der Waals surface area contributed by atoms with Crippen molar-refractivity contribution in [3.63, 3.8) is 0 Å². The minimum atomic E-state index is -3.78. The van der Waals surface area contributed by atoms with Crippen molar-refractivity contribution in [2.75, 3.05) is 20.5 Å². The molecule has 0 bridgehead atoms. The Labute approximate surface area is 92.6 Å². The molecule has 0 heterocycles. The highest BCUT2D eigenvalue weighted by atomic mass is 32.2. The van der Waals surface area contributed by atoms with Crippen LogP contribution in [0.2, 0.25) is 0 Å². The lowest BCUT2D eigenvalue weighted by Gasteiger charge is -2.18. The number of carbonyl (C=O) groups excluding carboxylic acids is 2. The van der Waals surface area contributed by atoms with Gasteiger partial charge < -0.3 is 14.6 Å². The highest BCUT2D eigenvalue weighted by Gasteiger charge is 2.35. The Kier molecular flexibility index (Phi) is 5.35. The average Bonchev–Trinajstić information content (AvgIpc) is 2.21. The Bertz CT molecular complexity index is 363. The first-order chi connectivity index (χ1) is 7.22. The summed E-state index contributed by atoms with van der Waals surface area (Å²) in [6.45, 7) is 0. The summed E-state index contributed by atoms with van der Waals surface area (Å²) in [6, 6.07) is -1.73. The number of hydrogen-bond acceptors (Lipinski definition) is 7. The van der Waals surface area contributed by atoms with Gasteiger partial charge in [0.2, 0.25) is 10.0 Å². The molecule has 0 saturated carbocycles. The molecule has 0 aliphatic carbocycles. The molecule has 0 fully saturated rings. The van der Waals surface area contributed by atoms with Gasteiger partial charge in [-0.2, -0.15) is 4.72 Å². The SMILES string of the molecule is COC(=O)[C@H](O)[C@@H](NS(C)(=O)=O)C(=O)OC. The van der Waals surface area contributed by atoms with E-state index in [1.54, 1.807) is 4.72 Å². The van der Waals surface area contributed by atoms with Gasteiger partial charge in [-0.25, -0.2) is 13.2 Å². The van der Waals surface area contributed by atoms with Crippen LogP contribution < -0.4 is 4.72 Å². The lowest BCUT2D eigenvalue weighted by Crippen LogP contribution is -2.52. The zero-order chi connectivity index (χ0) is 12.9. The molecular formula is C7H13NO7S. The van der Waals surface area contributed by atoms with Crippen LogP contribution in [0.25, 0.3) is 0 Å². The summed E-state index contributed by atoms with van der Waals surface area (Å²) in [5.74, 6) is -2.24. The molecule has 0 amide bonds. The second kappa shape index (κ2) is 5.77. The van der Waals surface area contributed by atoms with Crippen molar-refractivity contribution in [3.05, 3.63) is 0 Å². The first-order valence-corrected chi connectivity index (χ1v) is 5.93. The molecule has 0 aromatic rings. The normalized spacial score (nSPS) is 15.0. The van der Waals surface area contributed by atoms with E-state index in [9.17, 15) is 23.1 Å². The number of rotatable bonds is 5. The van der Waals surface area contributed by atoms with Gasteiger partial charge in [0.1, 0.15) is 0 Å². The lowest BCUT2D eigenvalue weighted by atomic mass is 10.2. The molecule has 0 aromatic heterocycles. The molecule has 16 heavy (non-hydrogen) atoms. The molecule has 2 atom stereocenters. The van der Waals surface area contributed by atoms with Crippen LogP contribution in [0.5, 0.6) is 0 Å². The van der Waals surface area contributed by atoms with Gasteiger partial charge in [0.15, 0.2) is 12.1 Å². The Morgan fingerprint density at radius 2 is 1.62 bits per heavy atom. The lowest BCUT2D eigenvalue weighted by molar-refractivity contribution is -0.159. The van der Waals surface area contributed by atoms with Gasteiger partial charge in [0, 0.05) is 0 Å². The number of aliphatic hydroxyl groups excluding tert-OH is 1. The van der Waals surface area contributed by atoms with E-state index in [4.69, 9.17) is 0 Å². The maximum atomic E-state index is 11.1. The molecule has 0 rings (SSSR count). The van der Waals surface area contributed by atoms with Gasteiger partial charge in [-0.05, 0) is 0 Å². The van der Waals surface area contributed by atoms with Crippen molar-refractivity contribution in [3.8, 4) is 0 Å². The molecule has 0 aliphatic heterocycles. The van der Waals surface area contributed by atoms with Gasteiger partial charge in [0.25, 0.3) is 0 Å². The maximum absolute atomic E-state index is 11.1. The zero-order valence-electron chi connectivity index (χ0n) is 8.96. The maximum Gasteiger partial charge on any atom is 0.337 e. The molecule has 2 N–H and O–H groups in total. The van der Waals surface area contributed by atoms with Crippen LogP contribution in [0, 0.1) is 0 Å². The molecule has 8 nitrogen and oxygen atoms in total. The molecule has 0 radical (unpaired) electrons. The summed E-state index contributed by atoms with van der Waals surface area (Å²) < 4.78 is 32.0. The Balaban J connectivity index is 4.95. The van der Waals surface area contributed by atoms with Crippen molar-refractivity contribution in [2.45, 2.75) is 12.1 Å². The predicted octanol–water partition coefficient (Wildman–Crippen LogP) is -2.39. The smallest absolute Gasteiger partial charge is 0.337 e. The summed E-state index contributed by atoms with van der Waals surface area (Å²) in [7, 11) is -1.81. The molecule has 0 saturated heterocycles. The number of nitrogens with one attached hydrogen (secondary N) is 1. The third-order valence-electron chi connectivity index (χ3n) is 1.55. The summed E-state index contributed by atoms with van der Waals surface area (Å²) in [5.41, 5.74) is 0. The fourth-order valence-electron chi connectivity index (χ4n) is 0.856. The minimum absolute atomic E-state index is 0.771. The number of methoxy groups -OCH3 is 2. The van der Waals surface area contributed by atoms with E-state index in [-0.39, 0.29) is 0 Å². The van der Waals surface area contributed by atoms with Crippen LogP contribution in [0.15, 0.2) is 0 Å². The monoisotopic (exact) mass is 255 g/mol. The van der Waals surface area contributed by atoms with Crippen LogP contribution in [0.1, 0.15) is 0 Å². The van der Waals surface area contributed by atoms with E-state index < -0.39 is 34.1 Å². The quantitative estimate of drug-likeness (QED) is 0.526. The molecule has 9 heteroatoms. The van der Waals surface area contributed by atoms with Crippen LogP contribution in [-0.4, -0.2) is 58.1 Å². The highest BCUT2D eigenvalue weighted by molar-refractivity contribution is 7.88.